The second-order valence-corrected chi connectivity index (χ2v) is 11.4. The highest BCUT2D eigenvalue weighted by molar-refractivity contribution is 7.17. The van der Waals surface area contributed by atoms with Crippen molar-refractivity contribution in [2.45, 2.75) is 27.3 Å². The van der Waals surface area contributed by atoms with Crippen molar-refractivity contribution in [2.24, 2.45) is 5.41 Å². The van der Waals surface area contributed by atoms with Gasteiger partial charge in [-0.05, 0) is 11.4 Å². The largest absolute Gasteiger partial charge is 0.480 e. The molecule has 198 valence electrons. The SMILES string of the molecule is COc1ncc(-c2nc(N3CCOCC3)nc3c(CN4CCN(C(=O)C(C)(C)C)CC4)csc23)cc1N. The van der Waals surface area contributed by atoms with Gasteiger partial charge in [0.15, 0.2) is 0 Å². The van der Waals surface area contributed by atoms with E-state index in [1.54, 1.807) is 24.6 Å². The number of thiophene rings is 1. The number of nitrogens with two attached hydrogens (primary N) is 1. The van der Waals surface area contributed by atoms with E-state index in [1.807, 2.05) is 31.7 Å². The van der Waals surface area contributed by atoms with Crippen LogP contribution < -0.4 is 15.4 Å². The minimum absolute atomic E-state index is 0.216. The van der Waals surface area contributed by atoms with Crippen molar-refractivity contribution in [3.63, 3.8) is 0 Å². The monoisotopic (exact) mass is 525 g/mol. The van der Waals surface area contributed by atoms with Crippen LogP contribution in [0.3, 0.4) is 0 Å². The maximum atomic E-state index is 12.7. The molecule has 0 radical (unpaired) electrons. The fraction of sp³-hybridized carbons (Fsp3) is 0.538. The molecule has 2 fully saturated rings. The number of rotatable bonds is 5. The number of anilines is 2. The average Bonchev–Trinajstić information content (AvgIpc) is 3.30. The highest BCUT2D eigenvalue weighted by atomic mass is 32.1. The van der Waals surface area contributed by atoms with Gasteiger partial charge in [0, 0.05) is 68.6 Å². The standard InChI is InChI=1S/C26H35N7O3S/c1-26(2,3)24(34)32-7-5-31(6-8-32)15-18-16-37-22-20(17-13-19(27)23(35-4)28-14-17)29-25(30-21(18)22)33-9-11-36-12-10-33/h13-14,16H,5-12,15,27H2,1-4H3. The van der Waals surface area contributed by atoms with Gasteiger partial charge in [-0.2, -0.15) is 0 Å². The lowest BCUT2D eigenvalue weighted by Crippen LogP contribution is -2.51. The number of fused-ring (bicyclic) bond motifs is 1. The van der Waals surface area contributed by atoms with Crippen molar-refractivity contribution in [3.8, 4) is 17.1 Å². The number of hydrogen-bond acceptors (Lipinski definition) is 10. The lowest BCUT2D eigenvalue weighted by molar-refractivity contribution is -0.141. The minimum atomic E-state index is -0.353. The van der Waals surface area contributed by atoms with Crippen molar-refractivity contribution in [1.82, 2.24) is 24.8 Å². The van der Waals surface area contributed by atoms with Crippen molar-refractivity contribution in [2.75, 3.05) is 70.2 Å². The molecule has 1 amide bonds. The van der Waals surface area contributed by atoms with Crippen LogP contribution in [0.1, 0.15) is 26.3 Å². The number of hydrogen-bond donors (Lipinski definition) is 1. The molecule has 2 saturated heterocycles. The van der Waals surface area contributed by atoms with Gasteiger partial charge in [-0.3, -0.25) is 9.69 Å². The van der Waals surface area contributed by atoms with E-state index in [0.29, 0.717) is 30.7 Å². The van der Waals surface area contributed by atoms with Gasteiger partial charge < -0.3 is 25.0 Å². The number of carbonyl (C=O) groups is 1. The van der Waals surface area contributed by atoms with Crippen LogP contribution in [0.15, 0.2) is 17.6 Å². The summed E-state index contributed by atoms with van der Waals surface area (Å²) in [5, 5.41) is 2.18. The fourth-order valence-electron chi connectivity index (χ4n) is 4.76. The summed E-state index contributed by atoms with van der Waals surface area (Å²) in [5.41, 5.74) is 10.1. The Morgan fingerprint density at radius 2 is 1.86 bits per heavy atom. The van der Waals surface area contributed by atoms with Gasteiger partial charge in [-0.15, -0.1) is 11.3 Å². The molecule has 0 saturated carbocycles. The molecule has 5 heterocycles. The summed E-state index contributed by atoms with van der Waals surface area (Å²) in [6, 6.07) is 1.86. The molecule has 0 aromatic carbocycles. The Kier molecular flexibility index (Phi) is 7.19. The van der Waals surface area contributed by atoms with Gasteiger partial charge in [0.25, 0.3) is 0 Å². The van der Waals surface area contributed by atoms with Crippen molar-refractivity contribution in [1.29, 1.82) is 0 Å². The van der Waals surface area contributed by atoms with E-state index >= 15 is 0 Å². The van der Waals surface area contributed by atoms with Gasteiger partial charge >= 0.3 is 0 Å². The molecular weight excluding hydrogens is 490 g/mol. The Balaban J connectivity index is 1.45. The Hall–Kier alpha value is -3.02. The zero-order chi connectivity index (χ0) is 26.2. The summed E-state index contributed by atoms with van der Waals surface area (Å²) in [5.74, 6) is 1.31. The summed E-state index contributed by atoms with van der Waals surface area (Å²) >= 11 is 1.64. The lowest BCUT2D eigenvalue weighted by atomic mass is 9.94. The van der Waals surface area contributed by atoms with Crippen LogP contribution in [0.4, 0.5) is 11.6 Å². The smallest absolute Gasteiger partial charge is 0.236 e. The number of nitrogens with zero attached hydrogens (tertiary/aromatic N) is 6. The molecule has 0 aliphatic carbocycles. The van der Waals surface area contributed by atoms with Crippen LogP contribution in [0.25, 0.3) is 21.5 Å². The molecule has 2 N–H and O–H groups in total. The van der Waals surface area contributed by atoms with Gasteiger partial charge in [-0.1, -0.05) is 20.8 Å². The Labute approximate surface area is 221 Å². The number of ether oxygens (including phenoxy) is 2. The zero-order valence-corrected chi connectivity index (χ0v) is 22.8. The highest BCUT2D eigenvalue weighted by Crippen LogP contribution is 2.36. The molecular formula is C26H35N7O3S. The molecule has 0 bridgehead atoms. The lowest BCUT2D eigenvalue weighted by Gasteiger charge is -2.37. The summed E-state index contributed by atoms with van der Waals surface area (Å²) < 4.78 is 11.8. The van der Waals surface area contributed by atoms with Crippen LogP contribution in [-0.2, 0) is 16.1 Å². The van der Waals surface area contributed by atoms with E-state index in [0.717, 1.165) is 67.3 Å². The molecule has 10 nitrogen and oxygen atoms in total. The van der Waals surface area contributed by atoms with E-state index in [-0.39, 0.29) is 11.3 Å². The third-order valence-electron chi connectivity index (χ3n) is 6.81. The number of aromatic nitrogens is 3. The average molecular weight is 526 g/mol. The molecule has 0 unspecified atom stereocenters. The zero-order valence-electron chi connectivity index (χ0n) is 22.0. The summed E-state index contributed by atoms with van der Waals surface area (Å²) in [7, 11) is 1.56. The number of methoxy groups -OCH3 is 1. The first kappa shape index (κ1) is 25.6. The first-order valence-electron chi connectivity index (χ1n) is 12.7. The number of pyridine rings is 1. The maximum Gasteiger partial charge on any atom is 0.236 e. The van der Waals surface area contributed by atoms with Crippen LogP contribution >= 0.6 is 11.3 Å². The molecule has 11 heteroatoms. The summed E-state index contributed by atoms with van der Waals surface area (Å²) in [6.07, 6.45) is 1.75. The second-order valence-electron chi connectivity index (χ2n) is 10.6. The molecule has 3 aromatic heterocycles. The van der Waals surface area contributed by atoms with Crippen molar-refractivity contribution < 1.29 is 14.3 Å². The van der Waals surface area contributed by atoms with Gasteiger partial charge in [0.05, 0.1) is 41.9 Å². The molecule has 5 rings (SSSR count). The van der Waals surface area contributed by atoms with E-state index in [1.165, 1.54) is 5.56 Å². The van der Waals surface area contributed by atoms with E-state index in [9.17, 15) is 4.79 Å². The molecule has 2 aliphatic heterocycles. The van der Waals surface area contributed by atoms with Crippen LogP contribution in [0.5, 0.6) is 5.88 Å². The fourth-order valence-corrected chi connectivity index (χ4v) is 5.77. The Morgan fingerprint density at radius 1 is 1.14 bits per heavy atom. The van der Waals surface area contributed by atoms with Crippen LogP contribution in [-0.4, -0.2) is 90.3 Å². The number of amides is 1. The summed E-state index contributed by atoms with van der Waals surface area (Å²) in [4.78, 5) is 33.7. The van der Waals surface area contributed by atoms with Gasteiger partial charge in [-0.25, -0.2) is 15.0 Å². The predicted molar refractivity (Wildman–Crippen MR) is 146 cm³/mol. The third kappa shape index (κ3) is 5.34. The second kappa shape index (κ2) is 10.4. The Morgan fingerprint density at radius 3 is 2.51 bits per heavy atom. The van der Waals surface area contributed by atoms with Gasteiger partial charge in [0.2, 0.25) is 17.7 Å². The number of nitrogen functional groups attached to an aromatic ring is 1. The molecule has 37 heavy (non-hydrogen) atoms. The van der Waals surface area contributed by atoms with Crippen molar-refractivity contribution >= 4 is 39.1 Å². The topological polar surface area (TPSA) is 110 Å². The van der Waals surface area contributed by atoms with Crippen LogP contribution in [0.2, 0.25) is 0 Å². The molecule has 0 atom stereocenters. The first-order valence-corrected chi connectivity index (χ1v) is 13.5. The number of carbonyl (C=O) groups excluding carboxylic acids is 1. The third-order valence-corrected chi connectivity index (χ3v) is 7.84. The minimum Gasteiger partial charge on any atom is -0.480 e. The number of morpholine rings is 1. The Bertz CT molecular complexity index is 1280. The molecule has 0 spiro atoms. The first-order chi connectivity index (χ1) is 17.7. The van der Waals surface area contributed by atoms with E-state index in [4.69, 9.17) is 25.2 Å². The van der Waals surface area contributed by atoms with Crippen LogP contribution in [0, 0.1) is 5.41 Å². The quantitative estimate of drug-likeness (QED) is 0.538. The summed E-state index contributed by atoms with van der Waals surface area (Å²) in [6.45, 7) is 12.7. The number of piperazine rings is 1. The predicted octanol–water partition coefficient (Wildman–Crippen LogP) is 2.87. The highest BCUT2D eigenvalue weighted by Gasteiger charge is 2.30. The molecule has 3 aromatic rings. The van der Waals surface area contributed by atoms with E-state index < -0.39 is 0 Å². The molecule has 2 aliphatic rings. The van der Waals surface area contributed by atoms with E-state index in [2.05, 4.69) is 20.2 Å². The maximum absolute atomic E-state index is 12.7. The van der Waals surface area contributed by atoms with Gasteiger partial charge in [0.1, 0.15) is 0 Å². The normalized spacial score (nSPS) is 17.4. The van der Waals surface area contributed by atoms with Crippen molar-refractivity contribution in [3.05, 3.63) is 23.2 Å².